The Bertz CT molecular complexity index is 282. The summed E-state index contributed by atoms with van der Waals surface area (Å²) >= 11 is 0. The number of nitrogens with zero attached hydrogens (tertiary/aromatic N) is 2. The molecule has 15 heavy (non-hydrogen) atoms. The van der Waals surface area contributed by atoms with Gasteiger partial charge in [-0.1, -0.05) is 6.92 Å². The van der Waals surface area contributed by atoms with Crippen LogP contribution in [-0.4, -0.2) is 36.1 Å². The lowest BCUT2D eigenvalue weighted by atomic mass is 10.0. The van der Waals surface area contributed by atoms with Crippen LogP contribution in [0.3, 0.4) is 0 Å². The lowest BCUT2D eigenvalue weighted by Gasteiger charge is -2.32. The Kier molecular flexibility index (Phi) is 3.69. The highest BCUT2D eigenvalue weighted by molar-refractivity contribution is 5.09. The number of aromatic nitrogens is 1. The predicted molar refractivity (Wildman–Crippen MR) is 61.5 cm³/mol. The first kappa shape index (κ1) is 10.6. The van der Waals surface area contributed by atoms with Gasteiger partial charge in [0.1, 0.15) is 0 Å². The van der Waals surface area contributed by atoms with Gasteiger partial charge in [-0.05, 0) is 30.2 Å². The Labute approximate surface area is 91.5 Å². The zero-order chi connectivity index (χ0) is 10.5. The Morgan fingerprint density at radius 1 is 1.40 bits per heavy atom. The second-order valence-corrected chi connectivity index (χ2v) is 4.21. The smallest absolute Gasteiger partial charge is 0.0271 e. The normalized spacial score (nSPS) is 16.7. The van der Waals surface area contributed by atoms with Gasteiger partial charge >= 0.3 is 0 Å². The second-order valence-electron chi connectivity index (χ2n) is 4.21. The van der Waals surface area contributed by atoms with Gasteiger partial charge in [-0.25, -0.2) is 0 Å². The Morgan fingerprint density at radius 3 is 2.67 bits per heavy atom. The number of rotatable bonds is 5. The third-order valence-electron chi connectivity index (χ3n) is 2.99. The molecule has 0 amide bonds. The van der Waals surface area contributed by atoms with E-state index in [9.17, 15) is 0 Å². The number of pyridine rings is 1. The summed E-state index contributed by atoms with van der Waals surface area (Å²) in [5.74, 6) is 0.854. The summed E-state index contributed by atoms with van der Waals surface area (Å²) in [6.45, 7) is 7.99. The predicted octanol–water partition coefficient (Wildman–Crippen LogP) is 1.12. The average molecular weight is 205 g/mol. The molecule has 3 nitrogen and oxygen atoms in total. The monoisotopic (exact) mass is 205 g/mol. The highest BCUT2D eigenvalue weighted by Crippen LogP contribution is 2.09. The summed E-state index contributed by atoms with van der Waals surface area (Å²) in [6.07, 6.45) is 3.74. The topological polar surface area (TPSA) is 28.2 Å². The van der Waals surface area contributed by atoms with Crippen molar-refractivity contribution in [2.24, 2.45) is 5.92 Å². The van der Waals surface area contributed by atoms with E-state index in [1.807, 2.05) is 12.4 Å². The van der Waals surface area contributed by atoms with E-state index in [2.05, 4.69) is 34.3 Å². The van der Waals surface area contributed by atoms with Crippen LogP contribution in [0.1, 0.15) is 12.5 Å². The molecule has 1 saturated heterocycles. The molecule has 0 radical (unpaired) electrons. The number of hydrogen-bond acceptors (Lipinski definition) is 3. The zero-order valence-corrected chi connectivity index (χ0v) is 9.32. The molecule has 1 aromatic heterocycles. The Hall–Kier alpha value is -0.930. The van der Waals surface area contributed by atoms with E-state index < -0.39 is 0 Å². The van der Waals surface area contributed by atoms with E-state index in [4.69, 9.17) is 0 Å². The van der Waals surface area contributed by atoms with Crippen molar-refractivity contribution >= 4 is 0 Å². The fourth-order valence-electron chi connectivity index (χ4n) is 1.89. The Balaban J connectivity index is 1.84. The van der Waals surface area contributed by atoms with Gasteiger partial charge < -0.3 is 5.32 Å². The molecule has 0 aliphatic carbocycles. The maximum atomic E-state index is 4.04. The van der Waals surface area contributed by atoms with Crippen LogP contribution in [0.5, 0.6) is 0 Å². The second kappa shape index (κ2) is 5.24. The maximum Gasteiger partial charge on any atom is 0.0271 e. The molecule has 0 unspecified atom stereocenters. The van der Waals surface area contributed by atoms with Gasteiger partial charge in [0, 0.05) is 38.6 Å². The van der Waals surface area contributed by atoms with Crippen LogP contribution in [0, 0.1) is 5.92 Å². The minimum atomic E-state index is 0.854. The van der Waals surface area contributed by atoms with Crippen molar-refractivity contribution in [1.29, 1.82) is 0 Å². The standard InChI is InChI=1S/C12H19N3/c1-2-15(10-12-7-14-8-12)9-11-3-5-13-6-4-11/h3-6,12,14H,2,7-10H2,1H3. The van der Waals surface area contributed by atoms with E-state index in [0.717, 1.165) is 19.0 Å². The molecule has 0 bridgehead atoms. The molecule has 1 fully saturated rings. The van der Waals surface area contributed by atoms with Crippen LogP contribution in [0.15, 0.2) is 24.5 Å². The van der Waals surface area contributed by atoms with E-state index in [0.29, 0.717) is 0 Å². The molecule has 1 aliphatic rings. The van der Waals surface area contributed by atoms with E-state index >= 15 is 0 Å². The molecule has 0 aromatic carbocycles. The molecular weight excluding hydrogens is 186 g/mol. The van der Waals surface area contributed by atoms with Crippen LogP contribution in [-0.2, 0) is 6.54 Å². The lowest BCUT2D eigenvalue weighted by Crippen LogP contribution is -2.48. The van der Waals surface area contributed by atoms with Gasteiger partial charge in [-0.15, -0.1) is 0 Å². The van der Waals surface area contributed by atoms with Crippen molar-refractivity contribution in [3.63, 3.8) is 0 Å². The molecule has 82 valence electrons. The summed E-state index contributed by atoms with van der Waals surface area (Å²) in [5.41, 5.74) is 1.36. The maximum absolute atomic E-state index is 4.04. The first-order valence-corrected chi connectivity index (χ1v) is 5.70. The molecule has 1 N–H and O–H groups in total. The van der Waals surface area contributed by atoms with Crippen molar-refractivity contribution in [3.05, 3.63) is 30.1 Å². The first-order valence-electron chi connectivity index (χ1n) is 5.70. The SMILES string of the molecule is CCN(Cc1ccncc1)CC1CNC1. The van der Waals surface area contributed by atoms with Crippen molar-refractivity contribution < 1.29 is 0 Å². The van der Waals surface area contributed by atoms with Crippen molar-refractivity contribution in [2.45, 2.75) is 13.5 Å². The fraction of sp³-hybridized carbons (Fsp3) is 0.583. The lowest BCUT2D eigenvalue weighted by molar-refractivity contribution is 0.194. The van der Waals surface area contributed by atoms with E-state index in [1.54, 1.807) is 0 Å². The molecule has 3 heteroatoms. The third-order valence-corrected chi connectivity index (χ3v) is 2.99. The van der Waals surface area contributed by atoms with Crippen LogP contribution in [0.4, 0.5) is 0 Å². The van der Waals surface area contributed by atoms with Crippen LogP contribution >= 0.6 is 0 Å². The van der Waals surface area contributed by atoms with Crippen LogP contribution in [0.25, 0.3) is 0 Å². The summed E-state index contributed by atoms with van der Waals surface area (Å²) in [7, 11) is 0. The van der Waals surface area contributed by atoms with Gasteiger partial charge in [0.05, 0.1) is 0 Å². The first-order chi connectivity index (χ1) is 7.38. The average Bonchev–Trinajstić information content (AvgIpc) is 2.23. The summed E-state index contributed by atoms with van der Waals surface area (Å²) in [6, 6.07) is 4.20. The quantitative estimate of drug-likeness (QED) is 0.781. The Morgan fingerprint density at radius 2 is 2.13 bits per heavy atom. The molecule has 0 spiro atoms. The summed E-state index contributed by atoms with van der Waals surface area (Å²) in [5, 5.41) is 3.32. The molecule has 0 atom stereocenters. The van der Waals surface area contributed by atoms with E-state index in [-0.39, 0.29) is 0 Å². The molecule has 2 rings (SSSR count). The molecular formula is C12H19N3. The highest BCUT2D eigenvalue weighted by Gasteiger charge is 2.19. The van der Waals surface area contributed by atoms with Crippen molar-refractivity contribution in [2.75, 3.05) is 26.2 Å². The largest absolute Gasteiger partial charge is 0.316 e. The van der Waals surface area contributed by atoms with Gasteiger partial charge in [-0.2, -0.15) is 0 Å². The van der Waals surface area contributed by atoms with Gasteiger partial charge in [0.15, 0.2) is 0 Å². The fourth-order valence-corrected chi connectivity index (χ4v) is 1.89. The minimum absolute atomic E-state index is 0.854. The van der Waals surface area contributed by atoms with Crippen LogP contribution in [0.2, 0.25) is 0 Å². The molecule has 1 aliphatic heterocycles. The third kappa shape index (κ3) is 3.01. The van der Waals surface area contributed by atoms with Crippen molar-refractivity contribution in [3.8, 4) is 0 Å². The summed E-state index contributed by atoms with van der Waals surface area (Å²) in [4.78, 5) is 6.54. The van der Waals surface area contributed by atoms with E-state index in [1.165, 1.54) is 25.2 Å². The van der Waals surface area contributed by atoms with Gasteiger partial charge in [0.2, 0.25) is 0 Å². The molecule has 1 aromatic rings. The summed E-state index contributed by atoms with van der Waals surface area (Å²) < 4.78 is 0. The van der Waals surface area contributed by atoms with Gasteiger partial charge in [0.25, 0.3) is 0 Å². The zero-order valence-electron chi connectivity index (χ0n) is 9.32. The number of hydrogen-bond donors (Lipinski definition) is 1. The van der Waals surface area contributed by atoms with Gasteiger partial charge in [-0.3, -0.25) is 9.88 Å². The molecule has 2 heterocycles. The highest BCUT2D eigenvalue weighted by atomic mass is 15.1. The van der Waals surface area contributed by atoms with Crippen molar-refractivity contribution in [1.82, 2.24) is 15.2 Å². The molecule has 0 saturated carbocycles. The number of nitrogens with one attached hydrogen (secondary N) is 1. The minimum Gasteiger partial charge on any atom is -0.316 e. The van der Waals surface area contributed by atoms with Crippen LogP contribution < -0.4 is 5.32 Å².